The Morgan fingerprint density at radius 3 is 1.24 bits per heavy atom. The zero-order valence-corrected chi connectivity index (χ0v) is 34.5. The number of benzene rings is 11. The second kappa shape index (κ2) is 13.9. The minimum absolute atomic E-state index is 0.468. The van der Waals surface area contributed by atoms with Crippen molar-refractivity contribution in [3.8, 4) is 16.8 Å². The molecule has 63 heavy (non-hydrogen) atoms. The third-order valence-corrected chi connectivity index (χ3v) is 13.6. The molecule has 2 nitrogen and oxygen atoms in total. The lowest BCUT2D eigenvalue weighted by molar-refractivity contribution is 0.768. The van der Waals surface area contributed by atoms with Crippen molar-refractivity contribution in [3.63, 3.8) is 0 Å². The second-order valence-corrected chi connectivity index (χ2v) is 16.8. The van der Waals surface area contributed by atoms with E-state index in [-0.39, 0.29) is 0 Å². The van der Waals surface area contributed by atoms with Crippen LogP contribution in [0.2, 0.25) is 0 Å². The molecule has 0 amide bonds. The van der Waals surface area contributed by atoms with Crippen molar-refractivity contribution in [1.29, 1.82) is 0 Å². The Morgan fingerprint density at radius 2 is 0.683 bits per heavy atom. The van der Waals surface area contributed by atoms with Gasteiger partial charge in [0.25, 0.3) is 0 Å². The van der Waals surface area contributed by atoms with E-state index in [4.69, 9.17) is 0 Å². The Morgan fingerprint density at radius 1 is 0.286 bits per heavy atom. The Hall–Kier alpha value is -8.20. The molecule has 2 heteroatoms. The summed E-state index contributed by atoms with van der Waals surface area (Å²) in [4.78, 5) is 2.43. The molecule has 0 aliphatic heterocycles. The van der Waals surface area contributed by atoms with Gasteiger partial charge in [-0.05, 0) is 126 Å². The minimum atomic E-state index is -0.468. The van der Waals surface area contributed by atoms with Gasteiger partial charge in [0.2, 0.25) is 0 Å². The first-order valence-electron chi connectivity index (χ1n) is 21.8. The summed E-state index contributed by atoms with van der Waals surface area (Å²) in [6.45, 7) is 0. The molecule has 0 saturated heterocycles. The zero-order valence-electron chi connectivity index (χ0n) is 34.5. The topological polar surface area (TPSA) is 8.17 Å². The summed E-state index contributed by atoms with van der Waals surface area (Å²) in [7, 11) is 0. The van der Waals surface area contributed by atoms with E-state index < -0.39 is 5.41 Å². The summed E-state index contributed by atoms with van der Waals surface area (Å²) < 4.78 is 2.39. The SMILES string of the molecule is c1ccc(C2(c3ccc(N(c4ccc(-n5c6ccccc6c6ccccc65)cc4)c4ccc5c6ccccc6c6ccccc6c5c4)cc3)c3ccccc3-c3ccccc32)cc1. The Bertz CT molecular complexity index is 3590. The summed E-state index contributed by atoms with van der Waals surface area (Å²) in [6, 6.07) is 89.6. The van der Waals surface area contributed by atoms with E-state index in [0.717, 1.165) is 22.7 Å². The van der Waals surface area contributed by atoms with Gasteiger partial charge in [0.05, 0.1) is 16.4 Å². The second-order valence-electron chi connectivity index (χ2n) is 16.8. The maximum Gasteiger partial charge on any atom is 0.0713 e. The molecule has 0 atom stereocenters. The number of aromatic nitrogens is 1. The van der Waals surface area contributed by atoms with Crippen molar-refractivity contribution in [2.45, 2.75) is 5.41 Å². The lowest BCUT2D eigenvalue weighted by Gasteiger charge is -2.34. The van der Waals surface area contributed by atoms with Crippen molar-refractivity contribution in [2.75, 3.05) is 4.90 Å². The number of nitrogens with zero attached hydrogens (tertiary/aromatic N) is 2. The fourth-order valence-corrected chi connectivity index (χ4v) is 11.0. The lowest BCUT2D eigenvalue weighted by Crippen LogP contribution is -2.28. The van der Waals surface area contributed by atoms with E-state index in [1.165, 1.54) is 87.5 Å². The van der Waals surface area contributed by atoms with Crippen LogP contribution in [0.4, 0.5) is 17.1 Å². The first-order valence-corrected chi connectivity index (χ1v) is 21.8. The molecule has 0 N–H and O–H groups in total. The van der Waals surface area contributed by atoms with Crippen LogP contribution in [0.1, 0.15) is 22.3 Å². The first kappa shape index (κ1) is 35.5. The molecule has 1 aliphatic carbocycles. The van der Waals surface area contributed by atoms with Gasteiger partial charge in [-0.15, -0.1) is 0 Å². The first-order chi connectivity index (χ1) is 31.3. The van der Waals surface area contributed by atoms with E-state index in [1.54, 1.807) is 0 Å². The van der Waals surface area contributed by atoms with Crippen LogP contribution < -0.4 is 4.90 Å². The van der Waals surface area contributed by atoms with Crippen molar-refractivity contribution in [2.24, 2.45) is 0 Å². The van der Waals surface area contributed by atoms with Crippen LogP contribution in [-0.4, -0.2) is 4.57 Å². The summed E-state index contributed by atoms with van der Waals surface area (Å²) in [5.41, 5.74) is 14.1. The summed E-state index contributed by atoms with van der Waals surface area (Å²) in [5.74, 6) is 0. The summed E-state index contributed by atoms with van der Waals surface area (Å²) >= 11 is 0. The number of fused-ring (bicyclic) bond motifs is 12. The third-order valence-electron chi connectivity index (χ3n) is 13.6. The monoisotopic (exact) mass is 800 g/mol. The fraction of sp³-hybridized carbons (Fsp3) is 0.0164. The maximum absolute atomic E-state index is 2.43. The average molecular weight is 801 g/mol. The van der Waals surface area contributed by atoms with E-state index in [0.29, 0.717) is 0 Å². The third kappa shape index (κ3) is 5.19. The van der Waals surface area contributed by atoms with E-state index in [9.17, 15) is 0 Å². The van der Waals surface area contributed by atoms with Crippen molar-refractivity contribution < 1.29 is 0 Å². The predicted octanol–water partition coefficient (Wildman–Crippen LogP) is 16.1. The molecule has 0 saturated carbocycles. The molecular formula is C61H40N2. The van der Waals surface area contributed by atoms with Gasteiger partial charge in [0.15, 0.2) is 0 Å². The van der Waals surface area contributed by atoms with Crippen LogP contribution >= 0.6 is 0 Å². The van der Waals surface area contributed by atoms with Gasteiger partial charge in [-0.1, -0.05) is 182 Å². The van der Waals surface area contributed by atoms with Crippen molar-refractivity contribution in [3.05, 3.63) is 265 Å². The number of anilines is 3. The van der Waals surface area contributed by atoms with E-state index >= 15 is 0 Å². The van der Waals surface area contributed by atoms with Crippen LogP contribution in [0.15, 0.2) is 243 Å². The molecule has 294 valence electrons. The smallest absolute Gasteiger partial charge is 0.0713 e. The average Bonchev–Trinajstić information content (AvgIpc) is 3.86. The summed E-state index contributed by atoms with van der Waals surface area (Å²) in [5, 5.41) is 10.1. The highest BCUT2D eigenvalue weighted by Crippen LogP contribution is 2.56. The number of rotatable bonds is 6. The van der Waals surface area contributed by atoms with Gasteiger partial charge in [0, 0.05) is 33.5 Å². The van der Waals surface area contributed by atoms with Gasteiger partial charge in [-0.2, -0.15) is 0 Å². The normalized spacial score (nSPS) is 12.9. The van der Waals surface area contributed by atoms with E-state index in [1.807, 2.05) is 0 Å². The molecule has 1 heterocycles. The number of hydrogen-bond acceptors (Lipinski definition) is 1. The molecule has 1 aromatic heterocycles. The highest BCUT2D eigenvalue weighted by Gasteiger charge is 2.45. The van der Waals surface area contributed by atoms with E-state index in [2.05, 4.69) is 252 Å². The van der Waals surface area contributed by atoms with Gasteiger partial charge in [-0.25, -0.2) is 0 Å². The Balaban J connectivity index is 1.02. The minimum Gasteiger partial charge on any atom is -0.310 e. The number of hydrogen-bond donors (Lipinski definition) is 0. The highest BCUT2D eigenvalue weighted by molar-refractivity contribution is 6.25. The lowest BCUT2D eigenvalue weighted by atomic mass is 9.68. The van der Waals surface area contributed by atoms with Crippen molar-refractivity contribution >= 4 is 71.2 Å². The molecule has 11 aromatic carbocycles. The number of para-hydroxylation sites is 2. The van der Waals surface area contributed by atoms with Crippen LogP contribution in [-0.2, 0) is 5.41 Å². The zero-order chi connectivity index (χ0) is 41.5. The quantitative estimate of drug-likeness (QED) is 0.152. The molecular weight excluding hydrogens is 761 g/mol. The van der Waals surface area contributed by atoms with Crippen LogP contribution in [0.5, 0.6) is 0 Å². The summed E-state index contributed by atoms with van der Waals surface area (Å²) in [6.07, 6.45) is 0. The molecule has 0 unspecified atom stereocenters. The standard InChI is InChI=1S/C61H40N2/c1-2-16-41(17-3-1)61(57-26-12-8-22-52(57)53-23-9-13-27-58(53)61)42-30-32-43(33-31-42)62(46-38-39-51-49-20-5-4-18-47(49)48-19-6-7-21-50(48)56(51)40-46)44-34-36-45(37-35-44)63-59-28-14-10-24-54(59)55-25-11-15-29-60(55)63/h1-40H. The molecule has 13 rings (SSSR count). The largest absolute Gasteiger partial charge is 0.310 e. The maximum atomic E-state index is 2.43. The molecule has 12 aromatic rings. The fourth-order valence-electron chi connectivity index (χ4n) is 11.0. The molecule has 1 aliphatic rings. The Kier molecular flexibility index (Phi) is 7.85. The van der Waals surface area contributed by atoms with Crippen molar-refractivity contribution in [1.82, 2.24) is 4.57 Å². The van der Waals surface area contributed by atoms with Gasteiger partial charge in [0.1, 0.15) is 0 Å². The van der Waals surface area contributed by atoms with Gasteiger partial charge in [-0.3, -0.25) is 0 Å². The molecule has 0 spiro atoms. The van der Waals surface area contributed by atoms with Crippen LogP contribution in [0.25, 0.3) is 70.9 Å². The van der Waals surface area contributed by atoms with Crippen LogP contribution in [0, 0.1) is 0 Å². The molecule has 0 bridgehead atoms. The molecule has 0 radical (unpaired) electrons. The van der Waals surface area contributed by atoms with Crippen LogP contribution in [0.3, 0.4) is 0 Å². The highest BCUT2D eigenvalue weighted by atomic mass is 15.1. The van der Waals surface area contributed by atoms with Gasteiger partial charge >= 0.3 is 0 Å². The Labute approximate surface area is 366 Å². The molecule has 0 fully saturated rings. The van der Waals surface area contributed by atoms with Gasteiger partial charge < -0.3 is 9.47 Å². The predicted molar refractivity (Wildman–Crippen MR) is 265 cm³/mol.